The third kappa shape index (κ3) is 4.23. The first-order chi connectivity index (χ1) is 19.0. The summed E-state index contributed by atoms with van der Waals surface area (Å²) in [6.07, 6.45) is 5.24. The highest BCUT2D eigenvalue weighted by molar-refractivity contribution is 5.89. The Morgan fingerprint density at radius 3 is 2.67 bits per heavy atom. The molecule has 0 unspecified atom stereocenters. The number of amides is 1. The number of carbonyl (C=O) groups is 1. The van der Waals surface area contributed by atoms with Gasteiger partial charge in [0.25, 0.3) is 0 Å². The molecule has 1 amide bonds. The fraction of sp³-hybridized carbons (Fsp3) is 0.333. The van der Waals surface area contributed by atoms with Crippen LogP contribution in [0.15, 0.2) is 48.2 Å². The number of pyridine rings is 2. The molecule has 0 radical (unpaired) electrons. The fourth-order valence-electron chi connectivity index (χ4n) is 5.21. The van der Waals surface area contributed by atoms with Gasteiger partial charge in [0.05, 0.1) is 11.9 Å². The molecule has 208 valence electrons. The zero-order valence-electron chi connectivity index (χ0n) is 22.6. The Kier molecular flexibility index (Phi) is 6.74. The van der Waals surface area contributed by atoms with Gasteiger partial charge in [-0.1, -0.05) is 20.4 Å². The van der Waals surface area contributed by atoms with Gasteiger partial charge in [0, 0.05) is 38.1 Å². The van der Waals surface area contributed by atoms with Crippen molar-refractivity contribution in [3.05, 3.63) is 76.1 Å². The van der Waals surface area contributed by atoms with Crippen molar-refractivity contribution in [3.8, 4) is 17.2 Å². The highest BCUT2D eigenvalue weighted by Crippen LogP contribution is 2.32. The summed E-state index contributed by atoms with van der Waals surface area (Å²) >= 11 is 0. The number of rotatable bonds is 5. The molecule has 4 aromatic rings. The van der Waals surface area contributed by atoms with Crippen LogP contribution in [0.25, 0.3) is 28.2 Å². The summed E-state index contributed by atoms with van der Waals surface area (Å²) in [4.78, 5) is 42.2. The van der Waals surface area contributed by atoms with Gasteiger partial charge >= 0.3 is 11.3 Å². The second kappa shape index (κ2) is 10.1. The molecule has 1 fully saturated rings. The number of carbonyl (C=O) groups excluding carboxylic acids is 1. The van der Waals surface area contributed by atoms with Crippen LogP contribution in [-0.2, 0) is 4.79 Å². The topological polar surface area (TPSA) is 136 Å². The molecule has 1 saturated heterocycles. The van der Waals surface area contributed by atoms with Crippen molar-refractivity contribution in [3.63, 3.8) is 0 Å². The molecule has 1 aliphatic heterocycles. The summed E-state index contributed by atoms with van der Waals surface area (Å²) in [6.45, 7) is 11.9. The standard InChI is InChI=1S/C27H29FN8O4/c1-6-20(37)32-11-12-33(17(5)14-32)24-18-13-19(28)23(25-30-9-10-34(25)39)36(40)26(18)35(27(38)31-24)22-16(4)7-8-29-21(22)15(2)3/h6-10,13,15,17,39H,1,11-12,14H2,2-5H3/t17-/m0/s1. The SMILES string of the molecule is C=CC(=O)N1CCN(c2nc(=O)n(-c3c(C)ccnc3C(C)C)c3c2cc(F)c(-c2nccn2O)[n+]3[O-])[C@@H](C)C1. The third-order valence-electron chi connectivity index (χ3n) is 7.12. The van der Waals surface area contributed by atoms with E-state index in [1.54, 1.807) is 29.0 Å². The molecule has 0 aromatic carbocycles. The van der Waals surface area contributed by atoms with Gasteiger partial charge in [0.2, 0.25) is 17.4 Å². The molecule has 4 aromatic heterocycles. The summed E-state index contributed by atoms with van der Waals surface area (Å²) in [5, 5.41) is 24.3. The number of nitrogens with zero attached hydrogens (tertiary/aromatic N) is 8. The van der Waals surface area contributed by atoms with Crippen molar-refractivity contribution in [2.45, 2.75) is 39.7 Å². The van der Waals surface area contributed by atoms with E-state index < -0.39 is 17.2 Å². The minimum absolute atomic E-state index is 0.0835. The maximum Gasteiger partial charge on any atom is 0.442 e. The molecule has 1 atom stereocenters. The molecule has 5 rings (SSSR count). The van der Waals surface area contributed by atoms with Gasteiger partial charge in [-0.15, -0.1) is 4.57 Å². The molecule has 0 spiro atoms. The van der Waals surface area contributed by atoms with E-state index in [2.05, 4.69) is 21.5 Å². The normalized spacial score (nSPS) is 15.7. The first-order valence-electron chi connectivity index (χ1n) is 12.8. The van der Waals surface area contributed by atoms with Crippen LogP contribution in [0.2, 0.25) is 0 Å². The zero-order chi connectivity index (χ0) is 28.9. The zero-order valence-corrected chi connectivity index (χ0v) is 22.6. The van der Waals surface area contributed by atoms with Crippen molar-refractivity contribution < 1.29 is 19.1 Å². The van der Waals surface area contributed by atoms with Gasteiger partial charge in [-0.2, -0.15) is 9.71 Å². The van der Waals surface area contributed by atoms with E-state index in [1.807, 2.05) is 20.8 Å². The highest BCUT2D eigenvalue weighted by Gasteiger charge is 2.34. The van der Waals surface area contributed by atoms with E-state index in [9.17, 15) is 20.0 Å². The predicted molar refractivity (Wildman–Crippen MR) is 145 cm³/mol. The lowest BCUT2D eigenvalue weighted by atomic mass is 10.0. The average molecular weight is 549 g/mol. The van der Waals surface area contributed by atoms with Gasteiger partial charge in [0.1, 0.15) is 5.39 Å². The number of imidazole rings is 1. The van der Waals surface area contributed by atoms with Crippen LogP contribution in [-0.4, -0.2) is 65.9 Å². The van der Waals surface area contributed by atoms with E-state index in [-0.39, 0.29) is 45.3 Å². The van der Waals surface area contributed by atoms with Crippen LogP contribution < -0.4 is 15.3 Å². The van der Waals surface area contributed by atoms with Crippen LogP contribution in [0.3, 0.4) is 0 Å². The van der Waals surface area contributed by atoms with Crippen LogP contribution in [0.5, 0.6) is 0 Å². The Balaban J connectivity index is 1.85. The Labute approximate surface area is 228 Å². The van der Waals surface area contributed by atoms with Gasteiger partial charge in [0.15, 0.2) is 17.3 Å². The van der Waals surface area contributed by atoms with Crippen molar-refractivity contribution in [1.29, 1.82) is 0 Å². The second-order valence-electron chi connectivity index (χ2n) is 10.1. The lowest BCUT2D eigenvalue weighted by molar-refractivity contribution is -0.570. The number of aromatic nitrogens is 6. The Bertz CT molecular complexity index is 1710. The van der Waals surface area contributed by atoms with E-state index >= 15 is 4.39 Å². The maximum atomic E-state index is 15.7. The quantitative estimate of drug-likeness (QED) is 0.174. The van der Waals surface area contributed by atoms with Crippen LogP contribution in [0.1, 0.15) is 37.9 Å². The number of hydrogen-bond acceptors (Lipinski definition) is 8. The second-order valence-corrected chi connectivity index (χ2v) is 10.1. The first kappa shape index (κ1) is 26.8. The van der Waals surface area contributed by atoms with Crippen molar-refractivity contribution >= 4 is 22.8 Å². The van der Waals surface area contributed by atoms with Crippen LogP contribution in [0.4, 0.5) is 10.2 Å². The van der Waals surface area contributed by atoms with Gasteiger partial charge in [-0.25, -0.2) is 18.9 Å². The summed E-state index contributed by atoms with van der Waals surface area (Å²) in [7, 11) is 0. The average Bonchev–Trinajstić information content (AvgIpc) is 3.33. The Morgan fingerprint density at radius 1 is 1.30 bits per heavy atom. The molecule has 5 heterocycles. The van der Waals surface area contributed by atoms with E-state index in [1.165, 1.54) is 12.3 Å². The molecule has 0 saturated carbocycles. The van der Waals surface area contributed by atoms with Crippen molar-refractivity contribution in [1.82, 2.24) is 29.1 Å². The molecular formula is C27H29FN8O4. The molecule has 13 heteroatoms. The Hall–Kier alpha value is -4.81. The molecule has 0 aliphatic carbocycles. The summed E-state index contributed by atoms with van der Waals surface area (Å²) in [5.41, 5.74) is 0.0763. The molecule has 0 bridgehead atoms. The van der Waals surface area contributed by atoms with Crippen molar-refractivity contribution in [2.24, 2.45) is 0 Å². The number of piperazine rings is 1. The number of hydrogen-bond donors (Lipinski definition) is 1. The van der Waals surface area contributed by atoms with E-state index in [0.717, 1.165) is 16.8 Å². The summed E-state index contributed by atoms with van der Waals surface area (Å²) in [6, 6.07) is 2.53. The fourth-order valence-corrected chi connectivity index (χ4v) is 5.21. The summed E-state index contributed by atoms with van der Waals surface area (Å²) < 4.78 is 17.7. The molecule has 1 aliphatic rings. The minimum atomic E-state index is -0.961. The smallest absolute Gasteiger partial charge is 0.442 e. The van der Waals surface area contributed by atoms with Crippen molar-refractivity contribution in [2.75, 3.05) is 24.5 Å². The number of halogens is 1. The van der Waals surface area contributed by atoms with Crippen LogP contribution in [0, 0.1) is 17.9 Å². The van der Waals surface area contributed by atoms with E-state index in [4.69, 9.17) is 0 Å². The summed E-state index contributed by atoms with van der Waals surface area (Å²) in [5.74, 6) is -1.52. The number of aryl methyl sites for hydroxylation is 1. The number of fused-ring (bicyclic) bond motifs is 1. The third-order valence-corrected chi connectivity index (χ3v) is 7.12. The largest absolute Gasteiger partial charge is 0.710 e. The number of anilines is 1. The van der Waals surface area contributed by atoms with E-state index in [0.29, 0.717) is 41.3 Å². The molecular weight excluding hydrogens is 519 g/mol. The minimum Gasteiger partial charge on any atom is -0.710 e. The predicted octanol–water partition coefficient (Wildman–Crippen LogP) is 2.31. The highest BCUT2D eigenvalue weighted by atomic mass is 19.1. The Morgan fingerprint density at radius 2 is 2.05 bits per heavy atom. The first-order valence-corrected chi connectivity index (χ1v) is 12.8. The van der Waals surface area contributed by atoms with Gasteiger partial charge in [-0.05, 0) is 43.5 Å². The molecule has 12 nitrogen and oxygen atoms in total. The van der Waals surface area contributed by atoms with Gasteiger partial charge in [-0.3, -0.25) is 9.78 Å². The maximum absolute atomic E-state index is 15.7. The monoisotopic (exact) mass is 548 g/mol. The molecule has 40 heavy (non-hydrogen) atoms. The molecule has 1 N–H and O–H groups in total. The van der Waals surface area contributed by atoms with Gasteiger partial charge < -0.3 is 20.2 Å². The van der Waals surface area contributed by atoms with Crippen LogP contribution >= 0.6 is 0 Å². The lowest BCUT2D eigenvalue weighted by Crippen LogP contribution is -2.54. The lowest BCUT2D eigenvalue weighted by Gasteiger charge is -2.40.